The number of amides is 2. The van der Waals surface area contributed by atoms with Crippen molar-refractivity contribution >= 4 is 52.5 Å². The Morgan fingerprint density at radius 3 is 2.55 bits per heavy atom. The summed E-state index contributed by atoms with van der Waals surface area (Å²) in [6.45, 7) is 3.41. The number of aromatic amines is 1. The molecule has 0 radical (unpaired) electrons. The average molecular weight is 494 g/mol. The molecule has 2 aromatic rings. The number of nitrogens with zero attached hydrogens (tertiary/aromatic N) is 1. The molecule has 1 atom stereocenters. The summed E-state index contributed by atoms with van der Waals surface area (Å²) < 4.78 is 4.84. The summed E-state index contributed by atoms with van der Waals surface area (Å²) in [4.78, 5) is 54.9. The maximum Gasteiger partial charge on any atom is 0.339 e. The van der Waals surface area contributed by atoms with Crippen molar-refractivity contribution in [2.24, 2.45) is 0 Å². The van der Waals surface area contributed by atoms with E-state index in [4.69, 9.17) is 27.9 Å². The molecular formula is C23H25Cl2N3O5. The number of halogens is 2. The van der Waals surface area contributed by atoms with Gasteiger partial charge in [0.25, 0.3) is 0 Å². The third-order valence-electron chi connectivity index (χ3n) is 5.71. The molecule has 0 saturated carbocycles. The van der Waals surface area contributed by atoms with Crippen LogP contribution in [0.5, 0.6) is 0 Å². The van der Waals surface area contributed by atoms with E-state index in [1.54, 1.807) is 25.1 Å². The number of rotatable bonds is 6. The molecule has 1 aromatic carbocycles. The number of ketones is 1. The van der Waals surface area contributed by atoms with Crippen LogP contribution in [0.2, 0.25) is 10.0 Å². The van der Waals surface area contributed by atoms with Crippen LogP contribution in [0.4, 0.5) is 5.69 Å². The first-order valence-electron chi connectivity index (χ1n) is 10.5. The number of ether oxygens (including phenoxy) is 1. The molecule has 2 heterocycles. The molecule has 1 fully saturated rings. The SMILES string of the molecule is COC(=O)c1c(CC(=O)N2CCCCC2C(=O)Nc2ccc(Cl)c(Cl)c2)[nH]c(C(C)=O)c1C. The number of hydrogen-bond donors (Lipinski definition) is 2. The van der Waals surface area contributed by atoms with Crippen LogP contribution in [0.1, 0.15) is 58.3 Å². The normalized spacial score (nSPS) is 15.8. The second-order valence-electron chi connectivity index (χ2n) is 7.92. The van der Waals surface area contributed by atoms with Crippen molar-refractivity contribution in [2.45, 2.75) is 45.6 Å². The highest BCUT2D eigenvalue weighted by atomic mass is 35.5. The highest BCUT2D eigenvalue weighted by Crippen LogP contribution is 2.27. The minimum atomic E-state index is -0.675. The number of carbonyl (C=O) groups is 4. The van der Waals surface area contributed by atoms with E-state index in [9.17, 15) is 19.2 Å². The maximum absolute atomic E-state index is 13.2. The number of esters is 1. The molecule has 2 N–H and O–H groups in total. The Balaban J connectivity index is 1.82. The first-order chi connectivity index (χ1) is 15.6. The average Bonchev–Trinajstić information content (AvgIpc) is 3.11. The van der Waals surface area contributed by atoms with Crippen molar-refractivity contribution in [3.63, 3.8) is 0 Å². The number of H-pyrrole nitrogens is 1. The molecule has 1 aromatic heterocycles. The lowest BCUT2D eigenvalue weighted by atomic mass is 9.99. The Bertz CT molecular complexity index is 1110. The largest absolute Gasteiger partial charge is 0.465 e. The molecule has 2 amide bonds. The van der Waals surface area contributed by atoms with E-state index in [1.165, 1.54) is 18.9 Å². The fourth-order valence-electron chi connectivity index (χ4n) is 4.08. The number of carbonyl (C=O) groups excluding carboxylic acids is 4. The standard InChI is InChI=1S/C23H25Cl2N3O5/c1-12-20(23(32)33-3)17(27-21(12)13(2)29)11-19(30)28-9-5-4-6-18(28)22(31)26-14-7-8-15(24)16(25)10-14/h7-8,10,18,27H,4-6,9,11H2,1-3H3,(H,26,31). The third kappa shape index (κ3) is 5.39. The molecule has 3 rings (SSSR count). The molecular weight excluding hydrogens is 469 g/mol. The second-order valence-corrected chi connectivity index (χ2v) is 8.73. The van der Waals surface area contributed by atoms with Crippen molar-refractivity contribution < 1.29 is 23.9 Å². The topological polar surface area (TPSA) is 109 Å². The number of aromatic nitrogens is 1. The van der Waals surface area contributed by atoms with E-state index < -0.39 is 12.0 Å². The summed E-state index contributed by atoms with van der Waals surface area (Å²) in [5.74, 6) is -1.55. The molecule has 0 aliphatic carbocycles. The van der Waals surface area contributed by atoms with E-state index in [0.717, 1.165) is 12.8 Å². The van der Waals surface area contributed by atoms with Crippen LogP contribution in [-0.2, 0) is 20.7 Å². The minimum absolute atomic E-state index is 0.171. The quantitative estimate of drug-likeness (QED) is 0.463. The van der Waals surface area contributed by atoms with Crippen LogP contribution in [0, 0.1) is 6.92 Å². The Labute approximate surface area is 201 Å². The molecule has 0 bridgehead atoms. The highest BCUT2D eigenvalue weighted by molar-refractivity contribution is 6.42. The van der Waals surface area contributed by atoms with E-state index >= 15 is 0 Å². The van der Waals surface area contributed by atoms with Crippen LogP contribution in [0.3, 0.4) is 0 Å². The number of hydrogen-bond acceptors (Lipinski definition) is 5. The van der Waals surface area contributed by atoms with Crippen molar-refractivity contribution in [1.82, 2.24) is 9.88 Å². The van der Waals surface area contributed by atoms with Crippen LogP contribution in [0.25, 0.3) is 0 Å². The first-order valence-corrected chi connectivity index (χ1v) is 11.3. The Morgan fingerprint density at radius 1 is 1.18 bits per heavy atom. The second kappa shape index (κ2) is 10.4. The van der Waals surface area contributed by atoms with Crippen molar-refractivity contribution in [2.75, 3.05) is 19.0 Å². The van der Waals surface area contributed by atoms with E-state index in [1.807, 2.05) is 0 Å². The first kappa shape index (κ1) is 24.8. The minimum Gasteiger partial charge on any atom is -0.465 e. The van der Waals surface area contributed by atoms with E-state index in [2.05, 4.69) is 10.3 Å². The summed E-state index contributed by atoms with van der Waals surface area (Å²) in [6.07, 6.45) is 1.89. The zero-order valence-corrected chi connectivity index (χ0v) is 20.1. The van der Waals surface area contributed by atoms with Crippen molar-refractivity contribution in [1.29, 1.82) is 0 Å². The number of anilines is 1. The zero-order valence-electron chi connectivity index (χ0n) is 18.6. The molecule has 0 spiro atoms. The van der Waals surface area contributed by atoms with Gasteiger partial charge in [-0.2, -0.15) is 0 Å². The third-order valence-corrected chi connectivity index (χ3v) is 6.45. The highest BCUT2D eigenvalue weighted by Gasteiger charge is 2.34. The van der Waals surface area contributed by atoms with Crippen LogP contribution >= 0.6 is 23.2 Å². The number of likely N-dealkylation sites (tertiary alicyclic amines) is 1. The van der Waals surface area contributed by atoms with Gasteiger partial charge in [-0.25, -0.2) is 4.79 Å². The van der Waals surface area contributed by atoms with Crippen LogP contribution in [-0.4, -0.2) is 53.1 Å². The summed E-state index contributed by atoms with van der Waals surface area (Å²) in [5.41, 5.74) is 1.63. The van der Waals surface area contributed by atoms with Crippen LogP contribution < -0.4 is 5.32 Å². The lowest BCUT2D eigenvalue weighted by Crippen LogP contribution is -2.50. The van der Waals surface area contributed by atoms with Gasteiger partial charge in [-0.05, 0) is 49.9 Å². The van der Waals surface area contributed by atoms with Gasteiger partial charge in [0.15, 0.2) is 5.78 Å². The predicted molar refractivity (Wildman–Crippen MR) is 125 cm³/mol. The van der Waals surface area contributed by atoms with Gasteiger partial charge in [-0.15, -0.1) is 0 Å². The van der Waals surface area contributed by atoms with Gasteiger partial charge in [-0.3, -0.25) is 14.4 Å². The molecule has 176 valence electrons. The van der Waals surface area contributed by atoms with Gasteiger partial charge in [0.2, 0.25) is 11.8 Å². The fraction of sp³-hybridized carbons (Fsp3) is 0.391. The van der Waals surface area contributed by atoms with Gasteiger partial charge >= 0.3 is 5.97 Å². The predicted octanol–water partition coefficient (Wildman–Crippen LogP) is 4.18. The molecule has 1 aliphatic rings. The summed E-state index contributed by atoms with van der Waals surface area (Å²) >= 11 is 12.0. The molecule has 33 heavy (non-hydrogen) atoms. The number of Topliss-reactive ketones (excluding diaryl/α,β-unsaturated/α-hetero) is 1. The van der Waals surface area contributed by atoms with Gasteiger partial charge in [0, 0.05) is 24.8 Å². The van der Waals surface area contributed by atoms with Gasteiger partial charge in [0.05, 0.1) is 34.8 Å². The molecule has 10 heteroatoms. The van der Waals surface area contributed by atoms with Crippen molar-refractivity contribution in [3.8, 4) is 0 Å². The smallest absolute Gasteiger partial charge is 0.339 e. The van der Waals surface area contributed by atoms with Gasteiger partial charge in [-0.1, -0.05) is 23.2 Å². The van der Waals surface area contributed by atoms with Crippen LogP contribution in [0.15, 0.2) is 18.2 Å². The number of piperidine rings is 1. The van der Waals surface area contributed by atoms with E-state index in [0.29, 0.717) is 40.0 Å². The monoisotopic (exact) mass is 493 g/mol. The maximum atomic E-state index is 13.2. The molecule has 1 saturated heterocycles. The molecule has 8 nitrogen and oxygen atoms in total. The fourth-order valence-corrected chi connectivity index (χ4v) is 4.37. The van der Waals surface area contributed by atoms with Gasteiger partial charge < -0.3 is 19.9 Å². The molecule has 1 aliphatic heterocycles. The van der Waals surface area contributed by atoms with Crippen molar-refractivity contribution in [3.05, 3.63) is 50.8 Å². The Kier molecular flexibility index (Phi) is 7.81. The zero-order chi connectivity index (χ0) is 24.3. The van der Waals surface area contributed by atoms with E-state index in [-0.39, 0.29) is 35.3 Å². The Hall–Kier alpha value is -2.84. The summed E-state index contributed by atoms with van der Waals surface area (Å²) in [7, 11) is 1.24. The number of nitrogens with one attached hydrogen (secondary N) is 2. The Morgan fingerprint density at radius 2 is 1.91 bits per heavy atom. The number of methoxy groups -OCH3 is 1. The summed E-state index contributed by atoms with van der Waals surface area (Å²) in [5, 5.41) is 3.47. The summed E-state index contributed by atoms with van der Waals surface area (Å²) in [6, 6.07) is 4.09. The lowest BCUT2D eigenvalue weighted by molar-refractivity contribution is -0.139. The lowest BCUT2D eigenvalue weighted by Gasteiger charge is -2.34. The number of benzene rings is 1. The van der Waals surface area contributed by atoms with Gasteiger partial charge in [0.1, 0.15) is 6.04 Å². The molecule has 1 unspecified atom stereocenters.